The first-order chi connectivity index (χ1) is 10.2. The topological polar surface area (TPSA) is 108 Å². The molecule has 0 aliphatic rings. The first kappa shape index (κ1) is 19.8. The summed E-state index contributed by atoms with van der Waals surface area (Å²) >= 11 is 0. The van der Waals surface area contributed by atoms with Gasteiger partial charge in [0, 0.05) is 5.69 Å². The zero-order chi connectivity index (χ0) is 16.5. The van der Waals surface area contributed by atoms with Crippen molar-refractivity contribution < 1.29 is 42.5 Å². The molecular weight excluding hydrogens is 325 g/mol. The molecule has 0 fully saturated rings. The van der Waals surface area contributed by atoms with Crippen LogP contribution in [-0.2, 0) is 10.1 Å². The zero-order valence-electron chi connectivity index (χ0n) is 13.5. The summed E-state index contributed by atoms with van der Waals surface area (Å²) in [5.41, 5.74) is 10.1. The van der Waals surface area contributed by atoms with Gasteiger partial charge in [-0.1, -0.05) is 0 Å². The Kier molecular flexibility index (Phi) is 6.49. The first-order valence-corrected chi connectivity index (χ1v) is 7.94. The van der Waals surface area contributed by atoms with Gasteiger partial charge in [-0.2, -0.15) is 10.2 Å². The second kappa shape index (κ2) is 7.55. The molecule has 0 amide bonds. The van der Waals surface area contributed by atoms with Crippen LogP contribution in [0, 0.1) is 20.8 Å². The molecule has 2 rings (SSSR count). The fraction of sp³-hybridized carbons (Fsp3) is 0.200. The van der Waals surface area contributed by atoms with Gasteiger partial charge in [-0.25, -0.2) is 8.42 Å². The van der Waals surface area contributed by atoms with Crippen LogP contribution in [0.5, 0.6) is 0 Å². The second-order valence-corrected chi connectivity index (χ2v) is 6.48. The summed E-state index contributed by atoms with van der Waals surface area (Å²) in [5.74, 6) is 0. The average molecular weight is 341 g/mol. The van der Waals surface area contributed by atoms with Crippen LogP contribution in [0.15, 0.2) is 45.5 Å². The van der Waals surface area contributed by atoms with E-state index in [1.165, 1.54) is 18.2 Å². The van der Waals surface area contributed by atoms with E-state index in [0.29, 0.717) is 22.6 Å². The van der Waals surface area contributed by atoms with Crippen LogP contribution in [0.4, 0.5) is 17.1 Å². The molecule has 0 aliphatic heterocycles. The van der Waals surface area contributed by atoms with Crippen molar-refractivity contribution in [3.8, 4) is 0 Å². The first-order valence-electron chi connectivity index (χ1n) is 6.53. The Bertz CT molecular complexity index is 865. The van der Waals surface area contributed by atoms with Crippen LogP contribution in [-0.4, -0.2) is 13.0 Å². The Balaban J connectivity index is 0.00000264. The summed E-state index contributed by atoms with van der Waals surface area (Å²) in [4.78, 5) is -0.275. The maximum absolute atomic E-state index is 11.0. The molecule has 2 N–H and O–H groups in total. The summed E-state index contributed by atoms with van der Waals surface area (Å²) in [7, 11) is -4.46. The minimum atomic E-state index is -4.46. The number of nitrogens with zero attached hydrogens (tertiary/aromatic N) is 2. The minimum absolute atomic E-state index is 0. The molecule has 6 nitrogen and oxygen atoms in total. The van der Waals surface area contributed by atoms with Gasteiger partial charge in [0.2, 0.25) is 0 Å². The molecule has 0 unspecified atom stereocenters. The van der Waals surface area contributed by atoms with Crippen LogP contribution in [0.2, 0.25) is 0 Å². The van der Waals surface area contributed by atoms with Gasteiger partial charge in [0.1, 0.15) is 10.1 Å². The maximum Gasteiger partial charge on any atom is 1.00 e. The number of aryl methyl sites for hydroxylation is 3. The van der Waals surface area contributed by atoms with E-state index in [0.717, 1.165) is 11.1 Å². The Hall–Kier alpha value is -1.25. The van der Waals surface area contributed by atoms with Crippen LogP contribution in [0.25, 0.3) is 0 Å². The number of hydrogen-bond donors (Lipinski definition) is 1. The molecule has 0 aliphatic carbocycles. The van der Waals surface area contributed by atoms with Gasteiger partial charge in [0.25, 0.3) is 0 Å². The van der Waals surface area contributed by atoms with Crippen molar-refractivity contribution in [3.63, 3.8) is 0 Å². The van der Waals surface area contributed by atoms with Crippen molar-refractivity contribution in [1.82, 2.24) is 0 Å². The van der Waals surface area contributed by atoms with Gasteiger partial charge in [0.05, 0.1) is 16.3 Å². The predicted octanol–water partition coefficient (Wildman–Crippen LogP) is 0.518. The fourth-order valence-corrected chi connectivity index (χ4v) is 2.49. The molecule has 2 aromatic carbocycles. The van der Waals surface area contributed by atoms with Crippen molar-refractivity contribution in [1.29, 1.82) is 0 Å². The van der Waals surface area contributed by atoms with Crippen LogP contribution in [0.1, 0.15) is 16.7 Å². The fourth-order valence-electron chi connectivity index (χ4n) is 1.93. The van der Waals surface area contributed by atoms with Crippen LogP contribution in [0.3, 0.4) is 0 Å². The van der Waals surface area contributed by atoms with E-state index in [-0.39, 0.29) is 34.5 Å². The smallest absolute Gasteiger partial charge is 0.744 e. The molecule has 0 heterocycles. The van der Waals surface area contributed by atoms with E-state index in [1.807, 2.05) is 26.0 Å². The molecule has 0 bridgehead atoms. The van der Waals surface area contributed by atoms with E-state index >= 15 is 0 Å². The van der Waals surface area contributed by atoms with E-state index < -0.39 is 10.1 Å². The molecule has 0 spiro atoms. The van der Waals surface area contributed by atoms with Gasteiger partial charge in [0.15, 0.2) is 0 Å². The quantitative estimate of drug-likeness (QED) is 0.380. The molecule has 0 aromatic heterocycles. The second-order valence-electron chi connectivity index (χ2n) is 5.10. The van der Waals surface area contributed by atoms with E-state index in [4.69, 9.17) is 5.73 Å². The number of nitrogen functional groups attached to an aromatic ring is 1. The molecule has 0 saturated carbocycles. The molecule has 23 heavy (non-hydrogen) atoms. The molecule has 8 heteroatoms. The Morgan fingerprint density at radius 1 is 0.913 bits per heavy atom. The molecule has 0 radical (unpaired) electrons. The SMILES string of the molecule is Cc1cc(N=Nc2ccc(S(=O)(=O)[O-])cc2C)c(C)cc1N.[Na+]. The van der Waals surface area contributed by atoms with Crippen LogP contribution < -0.4 is 35.3 Å². The van der Waals surface area contributed by atoms with Gasteiger partial charge in [-0.05, 0) is 67.8 Å². The third-order valence-corrected chi connectivity index (χ3v) is 4.14. The molecule has 116 valence electrons. The van der Waals surface area contributed by atoms with Crippen molar-refractivity contribution in [2.24, 2.45) is 10.2 Å². The summed E-state index contributed by atoms with van der Waals surface area (Å²) in [5, 5.41) is 8.29. The number of azo groups is 1. The summed E-state index contributed by atoms with van der Waals surface area (Å²) in [6, 6.07) is 7.63. The summed E-state index contributed by atoms with van der Waals surface area (Å²) in [6.07, 6.45) is 0. The van der Waals surface area contributed by atoms with Crippen molar-refractivity contribution in [2.75, 3.05) is 5.73 Å². The van der Waals surface area contributed by atoms with Crippen LogP contribution >= 0.6 is 0 Å². The van der Waals surface area contributed by atoms with Gasteiger partial charge < -0.3 is 10.3 Å². The molecule has 2 aromatic rings. The van der Waals surface area contributed by atoms with Crippen molar-refractivity contribution in [3.05, 3.63) is 47.0 Å². The molecule has 0 saturated heterocycles. The van der Waals surface area contributed by atoms with E-state index in [9.17, 15) is 13.0 Å². The van der Waals surface area contributed by atoms with Gasteiger partial charge in [-0.15, -0.1) is 0 Å². The third-order valence-electron chi connectivity index (χ3n) is 3.31. The monoisotopic (exact) mass is 341 g/mol. The maximum atomic E-state index is 11.0. The molecule has 0 atom stereocenters. The number of nitrogens with two attached hydrogens (primary N) is 1. The minimum Gasteiger partial charge on any atom is -0.744 e. The number of hydrogen-bond acceptors (Lipinski definition) is 6. The van der Waals surface area contributed by atoms with Gasteiger partial charge in [-0.3, -0.25) is 0 Å². The summed E-state index contributed by atoms with van der Waals surface area (Å²) in [6.45, 7) is 5.43. The Morgan fingerprint density at radius 2 is 1.48 bits per heavy atom. The zero-order valence-corrected chi connectivity index (χ0v) is 16.3. The van der Waals surface area contributed by atoms with E-state index in [1.54, 1.807) is 6.92 Å². The standard InChI is InChI=1S/C15H17N3O3S.Na/c1-9-8-15(11(3)7-13(9)16)18-17-14-5-4-12(6-10(14)2)22(19,20)21;/h4-8H,16H2,1-3H3,(H,19,20,21);/q;+1/p-1. The largest absolute Gasteiger partial charge is 1.00 e. The number of anilines is 1. The van der Waals surface area contributed by atoms with Crippen molar-refractivity contribution in [2.45, 2.75) is 25.7 Å². The number of rotatable bonds is 3. The predicted molar refractivity (Wildman–Crippen MR) is 83.6 cm³/mol. The van der Waals surface area contributed by atoms with Crippen molar-refractivity contribution >= 4 is 27.2 Å². The molecular formula is C15H16N3NaO3S. The number of benzene rings is 2. The normalized spacial score (nSPS) is 11.5. The third kappa shape index (κ3) is 4.86. The summed E-state index contributed by atoms with van der Waals surface area (Å²) < 4.78 is 32.9. The average Bonchev–Trinajstić information content (AvgIpc) is 2.41. The van der Waals surface area contributed by atoms with E-state index in [2.05, 4.69) is 10.2 Å². The Morgan fingerprint density at radius 3 is 2.04 bits per heavy atom. The Labute approximate surface area is 157 Å². The van der Waals surface area contributed by atoms with Gasteiger partial charge >= 0.3 is 29.6 Å².